The quantitative estimate of drug-likeness (QED) is 0.840. The van der Waals surface area contributed by atoms with Gasteiger partial charge < -0.3 is 5.32 Å². The first kappa shape index (κ1) is 13.9. The van der Waals surface area contributed by atoms with Crippen LogP contribution in [0.1, 0.15) is 16.5 Å². The molecule has 0 bridgehead atoms. The lowest BCUT2D eigenvalue weighted by Gasteiger charge is -2.15. The highest BCUT2D eigenvalue weighted by Gasteiger charge is 2.17. The van der Waals surface area contributed by atoms with Crippen molar-refractivity contribution in [1.29, 1.82) is 0 Å². The molecule has 2 aromatic rings. The molecule has 0 radical (unpaired) electrons. The van der Waals surface area contributed by atoms with E-state index in [2.05, 4.69) is 21.2 Å². The average molecular weight is 353 g/mol. The van der Waals surface area contributed by atoms with Gasteiger partial charge in [-0.15, -0.1) is 11.3 Å². The third-order valence-corrected chi connectivity index (χ3v) is 5.05. The van der Waals surface area contributed by atoms with Gasteiger partial charge >= 0.3 is 0 Å². The normalized spacial score (nSPS) is 12.7. The summed E-state index contributed by atoms with van der Waals surface area (Å²) in [5, 5.41) is 3.67. The molecule has 0 aliphatic heterocycles. The number of thiophene rings is 1. The van der Waals surface area contributed by atoms with Crippen LogP contribution >= 0.6 is 38.9 Å². The third kappa shape index (κ3) is 2.74. The zero-order valence-corrected chi connectivity index (χ0v) is 12.5. The molecule has 2 rings (SSSR count). The van der Waals surface area contributed by atoms with Gasteiger partial charge in [-0.2, -0.15) is 0 Å². The van der Waals surface area contributed by atoms with Gasteiger partial charge in [0.25, 0.3) is 0 Å². The fourth-order valence-electron chi connectivity index (χ4n) is 1.67. The van der Waals surface area contributed by atoms with Crippen LogP contribution in [0.3, 0.4) is 0 Å². The summed E-state index contributed by atoms with van der Waals surface area (Å²) >= 11 is 10.8. The fraction of sp³-hybridized carbons (Fsp3) is 0.167. The lowest BCUT2D eigenvalue weighted by Crippen LogP contribution is -2.16. The summed E-state index contributed by atoms with van der Waals surface area (Å²) in [5.41, 5.74) is 0.654. The van der Waals surface area contributed by atoms with E-state index in [1.807, 2.05) is 0 Å². The molecule has 18 heavy (non-hydrogen) atoms. The molecule has 1 aromatic heterocycles. The van der Waals surface area contributed by atoms with Crippen molar-refractivity contribution in [1.82, 2.24) is 5.32 Å². The predicted molar refractivity (Wildman–Crippen MR) is 74.3 cm³/mol. The number of benzene rings is 1. The van der Waals surface area contributed by atoms with Crippen LogP contribution in [0.15, 0.2) is 28.1 Å². The van der Waals surface area contributed by atoms with Crippen molar-refractivity contribution < 1.29 is 8.78 Å². The summed E-state index contributed by atoms with van der Waals surface area (Å²) in [7, 11) is 1.76. The van der Waals surface area contributed by atoms with Crippen LogP contribution in [-0.4, -0.2) is 7.05 Å². The molecule has 1 N–H and O–H groups in total. The van der Waals surface area contributed by atoms with E-state index in [0.717, 1.165) is 14.7 Å². The lowest BCUT2D eigenvalue weighted by atomic mass is 10.1. The van der Waals surface area contributed by atoms with Crippen molar-refractivity contribution >= 4 is 38.9 Å². The summed E-state index contributed by atoms with van der Waals surface area (Å²) < 4.78 is 27.0. The van der Waals surface area contributed by atoms with E-state index >= 15 is 0 Å². The van der Waals surface area contributed by atoms with E-state index in [4.69, 9.17) is 11.6 Å². The highest BCUT2D eigenvalue weighted by atomic mass is 79.9. The Hall–Kier alpha value is -0.490. The third-order valence-electron chi connectivity index (χ3n) is 2.51. The van der Waals surface area contributed by atoms with Crippen LogP contribution in [0, 0.1) is 11.6 Å². The molecule has 0 amide bonds. The minimum absolute atomic E-state index is 0.214. The van der Waals surface area contributed by atoms with E-state index in [0.29, 0.717) is 10.6 Å². The van der Waals surface area contributed by atoms with Crippen LogP contribution in [0.2, 0.25) is 5.02 Å². The van der Waals surface area contributed by atoms with Crippen molar-refractivity contribution in [3.05, 3.63) is 55.1 Å². The summed E-state index contributed by atoms with van der Waals surface area (Å²) in [6.07, 6.45) is 0. The minimum Gasteiger partial charge on any atom is -0.309 e. The van der Waals surface area contributed by atoms with Gasteiger partial charge in [-0.3, -0.25) is 0 Å². The number of halogens is 4. The van der Waals surface area contributed by atoms with E-state index in [1.165, 1.54) is 17.4 Å². The monoisotopic (exact) mass is 351 g/mol. The van der Waals surface area contributed by atoms with Crippen LogP contribution < -0.4 is 5.32 Å². The van der Waals surface area contributed by atoms with Crippen LogP contribution in [0.4, 0.5) is 8.78 Å². The molecule has 0 aliphatic rings. The molecule has 1 heterocycles. The highest BCUT2D eigenvalue weighted by molar-refractivity contribution is 9.11. The average Bonchev–Trinajstić information content (AvgIpc) is 2.65. The van der Waals surface area contributed by atoms with Gasteiger partial charge in [-0.1, -0.05) is 17.7 Å². The van der Waals surface area contributed by atoms with E-state index in [-0.39, 0.29) is 6.04 Å². The first-order chi connectivity index (χ1) is 8.52. The maximum absolute atomic E-state index is 13.2. The van der Waals surface area contributed by atoms with Crippen molar-refractivity contribution in [2.45, 2.75) is 6.04 Å². The number of rotatable bonds is 3. The zero-order valence-electron chi connectivity index (χ0n) is 9.31. The van der Waals surface area contributed by atoms with Crippen molar-refractivity contribution in [2.24, 2.45) is 0 Å². The summed E-state index contributed by atoms with van der Waals surface area (Å²) in [6.45, 7) is 0. The fourth-order valence-corrected chi connectivity index (χ4v) is 3.56. The first-order valence-corrected chi connectivity index (χ1v) is 7.08. The molecular weight excluding hydrogens is 344 g/mol. The highest BCUT2D eigenvalue weighted by Crippen LogP contribution is 2.37. The molecule has 1 atom stereocenters. The van der Waals surface area contributed by atoms with E-state index in [1.54, 1.807) is 19.2 Å². The van der Waals surface area contributed by atoms with Gasteiger partial charge in [-0.25, -0.2) is 8.78 Å². The Bertz CT molecular complexity index is 554. The van der Waals surface area contributed by atoms with Gasteiger partial charge in [0.1, 0.15) is 0 Å². The molecular formula is C12H9BrClF2NS. The van der Waals surface area contributed by atoms with Crippen molar-refractivity contribution in [3.63, 3.8) is 0 Å². The maximum atomic E-state index is 13.2. The number of nitrogens with one attached hydrogen (secondary N) is 1. The maximum Gasteiger partial charge on any atom is 0.159 e. The molecule has 0 saturated carbocycles. The Labute approximate surface area is 121 Å². The first-order valence-electron chi connectivity index (χ1n) is 5.10. The number of hydrogen-bond acceptors (Lipinski definition) is 2. The molecule has 0 saturated heterocycles. The lowest BCUT2D eigenvalue weighted by molar-refractivity contribution is 0.505. The Kier molecular flexibility index (Phi) is 4.37. The second kappa shape index (κ2) is 5.65. The van der Waals surface area contributed by atoms with Gasteiger partial charge in [0.15, 0.2) is 11.6 Å². The van der Waals surface area contributed by atoms with E-state index in [9.17, 15) is 8.78 Å². The largest absolute Gasteiger partial charge is 0.309 e. The number of hydrogen-bond donors (Lipinski definition) is 1. The predicted octanol–water partition coefficient (Wildman–Crippen LogP) is 4.75. The minimum atomic E-state index is -0.852. The Morgan fingerprint density at radius 3 is 2.50 bits per heavy atom. The topological polar surface area (TPSA) is 12.0 Å². The molecule has 1 nitrogen and oxygen atoms in total. The van der Waals surface area contributed by atoms with Gasteiger partial charge in [0, 0.05) is 4.88 Å². The van der Waals surface area contributed by atoms with Crippen molar-refractivity contribution in [2.75, 3.05) is 7.05 Å². The van der Waals surface area contributed by atoms with Gasteiger partial charge in [0.05, 0.1) is 14.9 Å². The van der Waals surface area contributed by atoms with Crippen molar-refractivity contribution in [3.8, 4) is 0 Å². The molecule has 96 valence electrons. The summed E-state index contributed by atoms with van der Waals surface area (Å²) in [6, 6.07) is 5.46. The van der Waals surface area contributed by atoms with Crippen LogP contribution in [0.25, 0.3) is 0 Å². The molecule has 0 fully saturated rings. The zero-order chi connectivity index (χ0) is 13.3. The van der Waals surface area contributed by atoms with Gasteiger partial charge in [0.2, 0.25) is 0 Å². The van der Waals surface area contributed by atoms with E-state index < -0.39 is 11.6 Å². The Morgan fingerprint density at radius 1 is 1.28 bits per heavy atom. The second-order valence-corrected chi connectivity index (χ2v) is 6.47. The molecule has 6 heteroatoms. The SMILES string of the molecule is CNC(c1ccc(F)c(F)c1)c1cc(Cl)c(Br)s1. The molecule has 0 aliphatic carbocycles. The second-order valence-electron chi connectivity index (χ2n) is 3.67. The summed E-state index contributed by atoms with van der Waals surface area (Å²) in [4.78, 5) is 0.931. The molecule has 1 unspecified atom stereocenters. The van der Waals surface area contributed by atoms with Crippen LogP contribution in [0.5, 0.6) is 0 Å². The Balaban J connectivity index is 2.41. The standard InChI is InChI=1S/C12H9BrClF2NS/c1-17-11(10-5-7(14)12(13)18-10)6-2-3-8(15)9(16)4-6/h2-5,11,17H,1H3. The molecule has 1 aromatic carbocycles. The Morgan fingerprint density at radius 2 is 2.00 bits per heavy atom. The molecule has 0 spiro atoms. The summed E-state index contributed by atoms with van der Waals surface area (Å²) in [5.74, 6) is -1.70. The van der Waals surface area contributed by atoms with Crippen LogP contribution in [-0.2, 0) is 0 Å². The van der Waals surface area contributed by atoms with Gasteiger partial charge in [-0.05, 0) is 46.7 Å². The smallest absolute Gasteiger partial charge is 0.159 e.